The Hall–Kier alpha value is -0.560. The molecule has 0 bridgehead atoms. The first-order chi connectivity index (χ1) is 9.11. The van der Waals surface area contributed by atoms with E-state index in [0.29, 0.717) is 24.9 Å². The lowest BCUT2D eigenvalue weighted by Gasteiger charge is -2.36. The highest BCUT2D eigenvalue weighted by Crippen LogP contribution is 2.26. The molecule has 1 unspecified atom stereocenters. The topological polar surface area (TPSA) is 53.8 Å². The molecule has 3 heterocycles. The molecule has 0 spiro atoms. The summed E-state index contributed by atoms with van der Waals surface area (Å²) < 4.78 is 31.8. The van der Waals surface area contributed by atoms with Crippen LogP contribution in [0.25, 0.3) is 0 Å². The Bertz CT molecular complexity index is 557. The Morgan fingerprint density at radius 2 is 2.16 bits per heavy atom. The first-order valence-corrected chi connectivity index (χ1v) is 8.47. The lowest BCUT2D eigenvalue weighted by molar-refractivity contribution is 0.156. The SMILES string of the molecule is O=S(=O)(c1ccc(CCl)o1)N1CCN2CCCC2C1. The molecule has 0 radical (unpaired) electrons. The molecule has 1 atom stereocenters. The van der Waals surface area contributed by atoms with E-state index in [1.165, 1.54) is 10.4 Å². The fourth-order valence-corrected chi connectivity index (χ4v) is 4.42. The molecular weight excluding hydrogens is 288 g/mol. The molecule has 0 amide bonds. The summed E-state index contributed by atoms with van der Waals surface area (Å²) in [6.07, 6.45) is 2.24. The van der Waals surface area contributed by atoms with Gasteiger partial charge in [0.05, 0.1) is 5.88 Å². The number of alkyl halides is 1. The monoisotopic (exact) mass is 304 g/mol. The highest BCUT2D eigenvalue weighted by Gasteiger charge is 2.37. The van der Waals surface area contributed by atoms with E-state index in [1.807, 2.05) is 0 Å². The van der Waals surface area contributed by atoms with Crippen LogP contribution in [0, 0.1) is 0 Å². The smallest absolute Gasteiger partial charge is 0.276 e. The maximum absolute atomic E-state index is 12.5. The third-order valence-corrected chi connectivity index (χ3v) is 5.92. The Labute approximate surface area is 118 Å². The van der Waals surface area contributed by atoms with Gasteiger partial charge in [-0.25, -0.2) is 8.42 Å². The molecule has 106 valence electrons. The van der Waals surface area contributed by atoms with Crippen molar-refractivity contribution in [2.24, 2.45) is 0 Å². The van der Waals surface area contributed by atoms with Crippen molar-refractivity contribution < 1.29 is 12.8 Å². The van der Waals surface area contributed by atoms with Crippen LogP contribution in [0.2, 0.25) is 0 Å². The molecule has 3 rings (SSSR count). The summed E-state index contributed by atoms with van der Waals surface area (Å²) in [6, 6.07) is 3.48. The second-order valence-electron chi connectivity index (χ2n) is 5.05. The van der Waals surface area contributed by atoms with Crippen LogP contribution in [0.3, 0.4) is 0 Å². The predicted octanol–water partition coefficient (Wildman–Crippen LogP) is 1.49. The molecule has 2 saturated heterocycles. The highest BCUT2D eigenvalue weighted by molar-refractivity contribution is 7.89. The van der Waals surface area contributed by atoms with Crippen molar-refractivity contribution in [2.75, 3.05) is 26.2 Å². The average Bonchev–Trinajstić information content (AvgIpc) is 3.06. The molecule has 7 heteroatoms. The summed E-state index contributed by atoms with van der Waals surface area (Å²) in [5.74, 6) is 0.672. The van der Waals surface area contributed by atoms with Crippen molar-refractivity contribution in [2.45, 2.75) is 29.9 Å². The van der Waals surface area contributed by atoms with Crippen molar-refractivity contribution in [1.29, 1.82) is 0 Å². The van der Waals surface area contributed by atoms with Gasteiger partial charge < -0.3 is 4.42 Å². The average molecular weight is 305 g/mol. The second kappa shape index (κ2) is 5.09. The number of hydrogen-bond acceptors (Lipinski definition) is 4. The molecule has 0 saturated carbocycles. The van der Waals surface area contributed by atoms with Gasteiger partial charge in [0.2, 0.25) is 5.09 Å². The van der Waals surface area contributed by atoms with Crippen molar-refractivity contribution in [3.63, 3.8) is 0 Å². The molecule has 2 aliphatic heterocycles. The van der Waals surface area contributed by atoms with E-state index in [2.05, 4.69) is 4.90 Å². The molecule has 2 fully saturated rings. The Morgan fingerprint density at radius 3 is 2.89 bits per heavy atom. The van der Waals surface area contributed by atoms with Crippen LogP contribution < -0.4 is 0 Å². The minimum Gasteiger partial charge on any atom is -0.447 e. The van der Waals surface area contributed by atoms with Gasteiger partial charge in [0, 0.05) is 25.7 Å². The van der Waals surface area contributed by atoms with Crippen molar-refractivity contribution in [1.82, 2.24) is 9.21 Å². The third kappa shape index (κ3) is 2.42. The quantitative estimate of drug-likeness (QED) is 0.794. The molecule has 0 N–H and O–H groups in total. The second-order valence-corrected chi connectivity index (χ2v) is 7.19. The lowest BCUT2D eigenvalue weighted by atomic mass is 10.2. The van der Waals surface area contributed by atoms with E-state index in [4.69, 9.17) is 16.0 Å². The van der Waals surface area contributed by atoms with E-state index in [9.17, 15) is 8.42 Å². The van der Waals surface area contributed by atoms with Gasteiger partial charge in [0.15, 0.2) is 0 Å². The predicted molar refractivity (Wildman–Crippen MR) is 71.6 cm³/mol. The number of hydrogen-bond donors (Lipinski definition) is 0. The zero-order valence-electron chi connectivity index (χ0n) is 10.6. The van der Waals surface area contributed by atoms with Crippen LogP contribution in [0.5, 0.6) is 0 Å². The minimum atomic E-state index is -3.51. The number of halogens is 1. The molecule has 19 heavy (non-hydrogen) atoms. The van der Waals surface area contributed by atoms with Gasteiger partial charge in [-0.2, -0.15) is 4.31 Å². The zero-order chi connectivity index (χ0) is 13.5. The van der Waals surface area contributed by atoms with Gasteiger partial charge in [-0.3, -0.25) is 4.90 Å². The van der Waals surface area contributed by atoms with Crippen molar-refractivity contribution in [3.8, 4) is 0 Å². The largest absolute Gasteiger partial charge is 0.447 e. The third-order valence-electron chi connectivity index (χ3n) is 3.91. The summed E-state index contributed by atoms with van der Waals surface area (Å²) >= 11 is 5.64. The van der Waals surface area contributed by atoms with E-state index in [0.717, 1.165) is 25.9 Å². The Morgan fingerprint density at radius 1 is 1.32 bits per heavy atom. The lowest BCUT2D eigenvalue weighted by Crippen LogP contribution is -2.51. The first kappa shape index (κ1) is 13.4. The van der Waals surface area contributed by atoms with Gasteiger partial charge >= 0.3 is 0 Å². The van der Waals surface area contributed by atoms with E-state index in [1.54, 1.807) is 6.07 Å². The molecular formula is C12H17ClN2O3S. The first-order valence-electron chi connectivity index (χ1n) is 6.50. The minimum absolute atomic E-state index is 0.00889. The fourth-order valence-electron chi connectivity index (χ4n) is 2.88. The van der Waals surface area contributed by atoms with Crippen LogP contribution in [0.15, 0.2) is 21.6 Å². The van der Waals surface area contributed by atoms with Crippen molar-refractivity contribution in [3.05, 3.63) is 17.9 Å². The summed E-state index contributed by atoms with van der Waals surface area (Å²) in [4.78, 5) is 2.37. The summed E-state index contributed by atoms with van der Waals surface area (Å²) in [7, 11) is -3.51. The number of fused-ring (bicyclic) bond motifs is 1. The van der Waals surface area contributed by atoms with Crippen LogP contribution in [0.1, 0.15) is 18.6 Å². The molecule has 0 aliphatic carbocycles. The van der Waals surface area contributed by atoms with E-state index in [-0.39, 0.29) is 11.0 Å². The summed E-state index contributed by atoms with van der Waals surface area (Å²) in [5, 5.41) is 0.00889. The molecule has 5 nitrogen and oxygen atoms in total. The van der Waals surface area contributed by atoms with E-state index >= 15 is 0 Å². The van der Waals surface area contributed by atoms with Crippen molar-refractivity contribution >= 4 is 21.6 Å². The number of furan rings is 1. The highest BCUT2D eigenvalue weighted by atomic mass is 35.5. The van der Waals surface area contributed by atoms with Gasteiger partial charge in [-0.15, -0.1) is 11.6 Å². The zero-order valence-corrected chi connectivity index (χ0v) is 12.2. The summed E-state index contributed by atoms with van der Waals surface area (Å²) in [5.41, 5.74) is 0. The van der Waals surface area contributed by atoms with Crippen LogP contribution in [0.4, 0.5) is 0 Å². The number of rotatable bonds is 3. The van der Waals surface area contributed by atoms with Gasteiger partial charge in [0.25, 0.3) is 10.0 Å². The van der Waals surface area contributed by atoms with Crippen LogP contribution >= 0.6 is 11.6 Å². The Kier molecular flexibility index (Phi) is 3.59. The molecule has 0 aromatic carbocycles. The molecule has 1 aromatic rings. The Balaban J connectivity index is 1.80. The molecule has 2 aliphatic rings. The number of piperazine rings is 1. The van der Waals surface area contributed by atoms with Gasteiger partial charge in [-0.05, 0) is 31.5 Å². The molecule has 1 aromatic heterocycles. The van der Waals surface area contributed by atoms with Gasteiger partial charge in [0.1, 0.15) is 5.76 Å². The number of sulfonamides is 1. The van der Waals surface area contributed by atoms with E-state index < -0.39 is 10.0 Å². The van der Waals surface area contributed by atoms with Crippen LogP contribution in [-0.2, 0) is 15.9 Å². The number of nitrogens with zero attached hydrogens (tertiary/aromatic N) is 2. The standard InChI is InChI=1S/C12H17ClN2O3S/c13-8-11-3-4-12(18-11)19(16,17)15-7-6-14-5-1-2-10(14)9-15/h3-4,10H,1-2,5-9H2. The normalized spacial score (nSPS) is 25.6. The summed E-state index contributed by atoms with van der Waals surface area (Å²) in [6.45, 7) is 3.01. The van der Waals surface area contributed by atoms with Gasteiger partial charge in [-0.1, -0.05) is 0 Å². The maximum Gasteiger partial charge on any atom is 0.276 e. The maximum atomic E-state index is 12.5. The fraction of sp³-hybridized carbons (Fsp3) is 0.667. The van der Waals surface area contributed by atoms with Crippen LogP contribution in [-0.4, -0.2) is 49.8 Å².